The zero-order valence-electron chi connectivity index (χ0n) is 14.7. The summed E-state index contributed by atoms with van der Waals surface area (Å²) in [6.07, 6.45) is 3.50. The van der Waals surface area contributed by atoms with Crippen LogP contribution in [-0.2, 0) is 13.6 Å². The minimum Gasteiger partial charge on any atom is -0.336 e. The minimum atomic E-state index is -0.443. The fourth-order valence-electron chi connectivity index (χ4n) is 2.62. The second kappa shape index (κ2) is 7.13. The maximum atomic E-state index is 12.7. The van der Waals surface area contributed by atoms with E-state index in [4.69, 9.17) is 11.6 Å². The van der Waals surface area contributed by atoms with Crippen LogP contribution in [0.1, 0.15) is 21.7 Å². The van der Waals surface area contributed by atoms with Gasteiger partial charge in [0, 0.05) is 49.2 Å². The van der Waals surface area contributed by atoms with Crippen molar-refractivity contribution in [2.24, 2.45) is 7.05 Å². The molecule has 134 valence electrons. The van der Waals surface area contributed by atoms with Crippen LogP contribution in [0.2, 0.25) is 5.02 Å². The molecule has 0 aliphatic carbocycles. The summed E-state index contributed by atoms with van der Waals surface area (Å²) in [5, 5.41) is 8.96. The monoisotopic (exact) mass is 371 g/mol. The highest BCUT2D eigenvalue weighted by Gasteiger charge is 2.19. The van der Waals surface area contributed by atoms with Crippen LogP contribution in [0, 0.1) is 6.92 Å². The number of amides is 1. The fourth-order valence-corrected chi connectivity index (χ4v) is 2.75. The molecule has 0 saturated carbocycles. The van der Waals surface area contributed by atoms with Crippen LogP contribution in [0.5, 0.6) is 0 Å². The Labute approximate surface area is 155 Å². The van der Waals surface area contributed by atoms with E-state index in [0.717, 1.165) is 11.3 Å². The van der Waals surface area contributed by atoms with Gasteiger partial charge in [-0.3, -0.25) is 14.3 Å². The second-order valence-electron chi connectivity index (χ2n) is 6.07. The molecule has 0 aliphatic rings. The summed E-state index contributed by atoms with van der Waals surface area (Å²) in [7, 11) is 3.43. The Hall–Kier alpha value is -2.93. The van der Waals surface area contributed by atoms with E-state index in [1.165, 1.54) is 11.0 Å². The molecule has 0 spiro atoms. The van der Waals surface area contributed by atoms with E-state index in [1.807, 2.05) is 6.20 Å². The summed E-state index contributed by atoms with van der Waals surface area (Å²) in [6.45, 7) is 2.10. The summed E-state index contributed by atoms with van der Waals surface area (Å²) >= 11 is 5.92. The smallest absolute Gasteiger partial charge is 0.278 e. The molecule has 0 unspecified atom stereocenters. The zero-order valence-corrected chi connectivity index (χ0v) is 15.4. The summed E-state index contributed by atoms with van der Waals surface area (Å²) in [5.74, 6) is -0.443. The van der Waals surface area contributed by atoms with Crippen molar-refractivity contribution in [3.8, 4) is 5.69 Å². The summed E-state index contributed by atoms with van der Waals surface area (Å²) in [5.41, 5.74) is 1.68. The molecule has 8 heteroatoms. The average molecular weight is 372 g/mol. The van der Waals surface area contributed by atoms with Gasteiger partial charge in [-0.25, -0.2) is 4.68 Å². The van der Waals surface area contributed by atoms with E-state index >= 15 is 0 Å². The lowest BCUT2D eigenvalue weighted by molar-refractivity contribution is 0.0776. The molecular formula is C18H18ClN5O2. The number of aryl methyl sites for hydroxylation is 2. The van der Waals surface area contributed by atoms with Crippen molar-refractivity contribution < 1.29 is 4.79 Å². The maximum absolute atomic E-state index is 12.7. The molecule has 1 aromatic carbocycles. The predicted octanol–water partition coefficient (Wildman–Crippen LogP) is 2.20. The molecule has 7 nitrogen and oxygen atoms in total. The molecule has 0 saturated heterocycles. The number of benzene rings is 1. The largest absolute Gasteiger partial charge is 0.336 e. The van der Waals surface area contributed by atoms with Crippen LogP contribution in [0.25, 0.3) is 5.69 Å². The first-order valence-electron chi connectivity index (χ1n) is 7.95. The number of rotatable bonds is 4. The Morgan fingerprint density at radius 2 is 1.96 bits per heavy atom. The number of hydrogen-bond donors (Lipinski definition) is 0. The SMILES string of the molecule is Cc1cc(=O)c(C(=O)N(C)Cc2cnn(C)c2)nn1-c1ccc(Cl)cc1. The lowest BCUT2D eigenvalue weighted by atomic mass is 10.2. The quantitative estimate of drug-likeness (QED) is 0.704. The van der Waals surface area contributed by atoms with Gasteiger partial charge in [-0.15, -0.1) is 0 Å². The zero-order chi connectivity index (χ0) is 18.8. The molecular weight excluding hydrogens is 354 g/mol. The summed E-state index contributed by atoms with van der Waals surface area (Å²) in [6, 6.07) is 8.42. The second-order valence-corrected chi connectivity index (χ2v) is 6.51. The van der Waals surface area contributed by atoms with Crippen molar-refractivity contribution in [1.29, 1.82) is 0 Å². The Bertz CT molecular complexity index is 1010. The molecule has 0 bridgehead atoms. The van der Waals surface area contributed by atoms with Gasteiger partial charge < -0.3 is 4.90 Å². The molecule has 2 heterocycles. The van der Waals surface area contributed by atoms with Gasteiger partial charge >= 0.3 is 0 Å². The van der Waals surface area contributed by atoms with Gasteiger partial charge in [-0.2, -0.15) is 10.2 Å². The predicted molar refractivity (Wildman–Crippen MR) is 98.6 cm³/mol. The highest BCUT2D eigenvalue weighted by molar-refractivity contribution is 6.30. The Kier molecular flexibility index (Phi) is 4.90. The van der Waals surface area contributed by atoms with Gasteiger partial charge in [-0.05, 0) is 31.2 Å². The molecule has 3 aromatic rings. The van der Waals surface area contributed by atoms with E-state index in [0.29, 0.717) is 17.3 Å². The lowest BCUT2D eigenvalue weighted by Gasteiger charge is -2.17. The van der Waals surface area contributed by atoms with Crippen molar-refractivity contribution in [1.82, 2.24) is 24.5 Å². The van der Waals surface area contributed by atoms with Crippen molar-refractivity contribution >= 4 is 17.5 Å². The summed E-state index contributed by atoms with van der Waals surface area (Å²) in [4.78, 5) is 26.5. The fraction of sp³-hybridized carbons (Fsp3) is 0.222. The van der Waals surface area contributed by atoms with Gasteiger partial charge in [0.2, 0.25) is 5.43 Å². The van der Waals surface area contributed by atoms with Crippen LogP contribution in [0.3, 0.4) is 0 Å². The van der Waals surface area contributed by atoms with Gasteiger partial charge in [0.05, 0.1) is 11.9 Å². The first-order valence-corrected chi connectivity index (χ1v) is 8.33. The molecule has 26 heavy (non-hydrogen) atoms. The average Bonchev–Trinajstić information content (AvgIpc) is 3.00. The van der Waals surface area contributed by atoms with Crippen LogP contribution in [-0.4, -0.2) is 37.4 Å². The molecule has 0 fully saturated rings. The highest BCUT2D eigenvalue weighted by Crippen LogP contribution is 2.14. The normalized spacial score (nSPS) is 10.8. The van der Waals surface area contributed by atoms with E-state index in [9.17, 15) is 9.59 Å². The number of hydrogen-bond acceptors (Lipinski definition) is 4. The van der Waals surface area contributed by atoms with Crippen LogP contribution < -0.4 is 5.43 Å². The van der Waals surface area contributed by atoms with Gasteiger partial charge in [0.15, 0.2) is 5.69 Å². The molecule has 0 radical (unpaired) electrons. The van der Waals surface area contributed by atoms with E-state index < -0.39 is 11.3 Å². The Morgan fingerprint density at radius 1 is 1.27 bits per heavy atom. The third-order valence-electron chi connectivity index (χ3n) is 3.91. The molecule has 0 atom stereocenters. The first kappa shape index (κ1) is 17.9. The highest BCUT2D eigenvalue weighted by atomic mass is 35.5. The van der Waals surface area contributed by atoms with Crippen LogP contribution >= 0.6 is 11.6 Å². The molecule has 0 N–H and O–H groups in total. The molecule has 3 rings (SSSR count). The lowest BCUT2D eigenvalue weighted by Crippen LogP contribution is -2.33. The molecule has 2 aromatic heterocycles. The van der Waals surface area contributed by atoms with Crippen LogP contribution in [0.15, 0.2) is 47.5 Å². The van der Waals surface area contributed by atoms with Crippen molar-refractivity contribution in [3.05, 3.63) is 74.9 Å². The third-order valence-corrected chi connectivity index (χ3v) is 4.16. The van der Waals surface area contributed by atoms with E-state index in [2.05, 4.69) is 10.2 Å². The van der Waals surface area contributed by atoms with Crippen molar-refractivity contribution in [2.75, 3.05) is 7.05 Å². The number of nitrogens with zero attached hydrogens (tertiary/aromatic N) is 5. The number of carbonyl (C=O) groups is 1. The maximum Gasteiger partial charge on any atom is 0.278 e. The van der Waals surface area contributed by atoms with E-state index in [1.54, 1.807) is 60.8 Å². The van der Waals surface area contributed by atoms with Gasteiger partial charge in [0.25, 0.3) is 5.91 Å². The topological polar surface area (TPSA) is 73.0 Å². The number of halogens is 1. The van der Waals surface area contributed by atoms with Crippen LogP contribution in [0.4, 0.5) is 0 Å². The van der Waals surface area contributed by atoms with Gasteiger partial charge in [0.1, 0.15) is 0 Å². The third kappa shape index (κ3) is 3.67. The number of aromatic nitrogens is 4. The standard InChI is InChI=1S/C18H18ClN5O2/c1-12-8-16(25)17(21-24(12)15-6-4-14(19)5-7-15)18(26)22(2)10-13-9-20-23(3)11-13/h4-9,11H,10H2,1-3H3. The van der Waals surface area contributed by atoms with Gasteiger partial charge in [-0.1, -0.05) is 11.6 Å². The summed E-state index contributed by atoms with van der Waals surface area (Å²) < 4.78 is 3.22. The first-order chi connectivity index (χ1) is 12.3. The molecule has 1 amide bonds. The Morgan fingerprint density at radius 3 is 2.58 bits per heavy atom. The van der Waals surface area contributed by atoms with Crippen molar-refractivity contribution in [2.45, 2.75) is 13.5 Å². The minimum absolute atomic E-state index is 0.128. The Balaban J connectivity index is 1.93. The molecule has 0 aliphatic heterocycles. The van der Waals surface area contributed by atoms with E-state index in [-0.39, 0.29) is 5.69 Å². The number of carbonyl (C=O) groups excluding carboxylic acids is 1. The van der Waals surface area contributed by atoms with Crippen molar-refractivity contribution in [3.63, 3.8) is 0 Å².